The highest BCUT2D eigenvalue weighted by atomic mass is 16.5. The third-order valence-corrected chi connectivity index (χ3v) is 4.42. The van der Waals surface area contributed by atoms with Crippen LogP contribution < -0.4 is 10.1 Å². The van der Waals surface area contributed by atoms with E-state index in [-0.39, 0.29) is 12.1 Å². The standard InChI is InChI=1S/C18H20N8O2/c1-25-23-16(22-24-25)13-4-2-5-14(12-13)21-18(27)26-10-6-15(7-11-26)28-17-19-8-3-9-20-17/h2-5,8-9,12,15H,6-7,10-11H2,1H3,(H,21,27). The molecule has 4 rings (SSSR count). The fourth-order valence-corrected chi connectivity index (χ4v) is 3.01. The van der Waals surface area contributed by atoms with Gasteiger partial charge in [-0.25, -0.2) is 14.8 Å². The Bertz CT molecular complexity index is 938. The minimum atomic E-state index is -0.140. The number of benzene rings is 1. The molecule has 3 heterocycles. The van der Waals surface area contributed by atoms with Crippen LogP contribution in [0.1, 0.15) is 12.8 Å². The maximum atomic E-state index is 12.6. The Labute approximate surface area is 161 Å². The van der Waals surface area contributed by atoms with Crippen molar-refractivity contribution in [2.24, 2.45) is 7.05 Å². The van der Waals surface area contributed by atoms with Crippen molar-refractivity contribution < 1.29 is 9.53 Å². The number of carbonyl (C=O) groups is 1. The van der Waals surface area contributed by atoms with Gasteiger partial charge in [-0.1, -0.05) is 12.1 Å². The number of rotatable bonds is 4. The number of amides is 2. The number of nitrogens with one attached hydrogen (secondary N) is 1. The molecular weight excluding hydrogens is 360 g/mol. The number of piperidine rings is 1. The first-order valence-corrected chi connectivity index (χ1v) is 9.01. The van der Waals surface area contributed by atoms with E-state index >= 15 is 0 Å². The van der Waals surface area contributed by atoms with E-state index in [0.29, 0.717) is 30.6 Å². The third-order valence-electron chi connectivity index (χ3n) is 4.42. The SMILES string of the molecule is Cn1nnc(-c2cccc(NC(=O)N3CCC(Oc4ncccn4)CC3)c2)n1. The van der Waals surface area contributed by atoms with Gasteiger partial charge in [0.2, 0.25) is 5.82 Å². The zero-order valence-electron chi connectivity index (χ0n) is 15.4. The van der Waals surface area contributed by atoms with Gasteiger partial charge in [-0.15, -0.1) is 10.2 Å². The molecule has 0 radical (unpaired) electrons. The Morgan fingerprint density at radius 1 is 1.18 bits per heavy atom. The predicted molar refractivity (Wildman–Crippen MR) is 101 cm³/mol. The maximum Gasteiger partial charge on any atom is 0.321 e. The molecule has 0 saturated carbocycles. The Balaban J connectivity index is 1.32. The van der Waals surface area contributed by atoms with E-state index in [1.165, 1.54) is 4.80 Å². The fraction of sp³-hybridized carbons (Fsp3) is 0.333. The monoisotopic (exact) mass is 380 g/mol. The molecule has 10 nitrogen and oxygen atoms in total. The van der Waals surface area contributed by atoms with Gasteiger partial charge < -0.3 is 15.0 Å². The zero-order valence-corrected chi connectivity index (χ0v) is 15.4. The molecule has 0 aliphatic carbocycles. The number of aryl methyl sites for hydroxylation is 1. The second kappa shape index (κ2) is 7.99. The third kappa shape index (κ3) is 4.22. The van der Waals surface area contributed by atoms with Crippen molar-refractivity contribution >= 4 is 11.7 Å². The van der Waals surface area contributed by atoms with E-state index in [2.05, 4.69) is 30.7 Å². The Kier molecular flexibility index (Phi) is 5.09. The molecule has 0 spiro atoms. The molecule has 1 fully saturated rings. The van der Waals surface area contributed by atoms with E-state index in [9.17, 15) is 4.79 Å². The topological polar surface area (TPSA) is 111 Å². The van der Waals surface area contributed by atoms with Gasteiger partial charge in [0, 0.05) is 49.6 Å². The first-order chi connectivity index (χ1) is 13.7. The van der Waals surface area contributed by atoms with Crippen LogP contribution in [0, 0.1) is 0 Å². The summed E-state index contributed by atoms with van der Waals surface area (Å²) in [7, 11) is 1.71. The summed E-state index contributed by atoms with van der Waals surface area (Å²) in [4.78, 5) is 23.9. The van der Waals surface area contributed by atoms with Gasteiger partial charge in [-0.05, 0) is 23.4 Å². The molecule has 0 unspecified atom stereocenters. The molecule has 1 aromatic carbocycles. The normalized spacial score (nSPS) is 14.7. The van der Waals surface area contributed by atoms with E-state index < -0.39 is 0 Å². The van der Waals surface area contributed by atoms with Gasteiger partial charge in [0.05, 0.1) is 7.05 Å². The molecule has 1 N–H and O–H groups in total. The zero-order chi connectivity index (χ0) is 19.3. The lowest BCUT2D eigenvalue weighted by Gasteiger charge is -2.31. The number of aromatic nitrogens is 6. The fourth-order valence-electron chi connectivity index (χ4n) is 3.01. The summed E-state index contributed by atoms with van der Waals surface area (Å²) in [5.74, 6) is 0.514. The number of anilines is 1. The molecule has 0 bridgehead atoms. The first-order valence-electron chi connectivity index (χ1n) is 9.01. The van der Waals surface area contributed by atoms with Crippen LogP contribution in [0.4, 0.5) is 10.5 Å². The summed E-state index contributed by atoms with van der Waals surface area (Å²) in [6.07, 6.45) is 4.77. The summed E-state index contributed by atoms with van der Waals surface area (Å²) in [5.41, 5.74) is 1.48. The highest BCUT2D eigenvalue weighted by molar-refractivity contribution is 5.90. The van der Waals surface area contributed by atoms with Crippen molar-refractivity contribution in [1.82, 2.24) is 35.1 Å². The van der Waals surface area contributed by atoms with Crippen molar-refractivity contribution in [3.8, 4) is 17.4 Å². The molecule has 10 heteroatoms. The molecule has 1 aliphatic rings. The van der Waals surface area contributed by atoms with Crippen LogP contribution in [0.3, 0.4) is 0 Å². The lowest BCUT2D eigenvalue weighted by molar-refractivity contribution is 0.107. The van der Waals surface area contributed by atoms with Gasteiger partial charge in [-0.3, -0.25) is 0 Å². The summed E-state index contributed by atoms with van der Waals surface area (Å²) >= 11 is 0. The maximum absolute atomic E-state index is 12.6. The number of ether oxygens (including phenoxy) is 1. The molecule has 3 aromatic rings. The van der Waals surface area contributed by atoms with Crippen molar-refractivity contribution in [3.63, 3.8) is 0 Å². The van der Waals surface area contributed by atoms with Gasteiger partial charge in [0.25, 0.3) is 0 Å². The molecule has 0 atom stereocenters. The number of hydrogen-bond donors (Lipinski definition) is 1. The molecule has 28 heavy (non-hydrogen) atoms. The Morgan fingerprint density at radius 2 is 1.96 bits per heavy atom. The molecule has 1 saturated heterocycles. The van der Waals surface area contributed by atoms with Crippen LogP contribution in [0.15, 0.2) is 42.7 Å². The number of tetrazole rings is 1. The number of hydrogen-bond acceptors (Lipinski definition) is 7. The van der Waals surface area contributed by atoms with Crippen molar-refractivity contribution in [2.75, 3.05) is 18.4 Å². The lowest BCUT2D eigenvalue weighted by Crippen LogP contribution is -2.43. The van der Waals surface area contributed by atoms with E-state index in [1.54, 1.807) is 30.4 Å². The van der Waals surface area contributed by atoms with E-state index in [1.807, 2.05) is 24.3 Å². The van der Waals surface area contributed by atoms with E-state index in [4.69, 9.17) is 4.74 Å². The van der Waals surface area contributed by atoms with Gasteiger partial charge >= 0.3 is 12.0 Å². The number of urea groups is 1. The summed E-state index contributed by atoms with van der Waals surface area (Å²) in [6.45, 7) is 1.21. The van der Waals surface area contributed by atoms with Crippen molar-refractivity contribution in [3.05, 3.63) is 42.7 Å². The molecule has 2 amide bonds. The smallest absolute Gasteiger partial charge is 0.321 e. The Morgan fingerprint density at radius 3 is 2.68 bits per heavy atom. The van der Waals surface area contributed by atoms with Gasteiger partial charge in [0.15, 0.2) is 0 Å². The van der Waals surface area contributed by atoms with Crippen LogP contribution in [0.5, 0.6) is 6.01 Å². The van der Waals surface area contributed by atoms with Crippen molar-refractivity contribution in [2.45, 2.75) is 18.9 Å². The van der Waals surface area contributed by atoms with Crippen LogP contribution in [-0.4, -0.2) is 60.3 Å². The average molecular weight is 380 g/mol. The van der Waals surface area contributed by atoms with Crippen molar-refractivity contribution in [1.29, 1.82) is 0 Å². The number of nitrogens with zero attached hydrogens (tertiary/aromatic N) is 7. The first kappa shape index (κ1) is 17.8. The second-order valence-electron chi connectivity index (χ2n) is 6.45. The van der Waals surface area contributed by atoms with Crippen LogP contribution in [0.25, 0.3) is 11.4 Å². The molecule has 1 aliphatic heterocycles. The second-order valence-corrected chi connectivity index (χ2v) is 6.45. The minimum Gasteiger partial charge on any atom is -0.460 e. The largest absolute Gasteiger partial charge is 0.460 e. The number of likely N-dealkylation sites (tertiary alicyclic amines) is 1. The summed E-state index contributed by atoms with van der Waals surface area (Å²) in [6, 6.07) is 9.37. The minimum absolute atomic E-state index is 0.0116. The van der Waals surface area contributed by atoms with Gasteiger partial charge in [-0.2, -0.15) is 4.80 Å². The van der Waals surface area contributed by atoms with Crippen LogP contribution in [0.2, 0.25) is 0 Å². The average Bonchev–Trinajstić information content (AvgIpc) is 3.16. The summed E-state index contributed by atoms with van der Waals surface area (Å²) in [5, 5.41) is 14.9. The summed E-state index contributed by atoms with van der Waals surface area (Å²) < 4.78 is 5.77. The molecular formula is C18H20N8O2. The van der Waals surface area contributed by atoms with Gasteiger partial charge in [0.1, 0.15) is 6.10 Å². The highest BCUT2D eigenvalue weighted by Gasteiger charge is 2.24. The van der Waals surface area contributed by atoms with Crippen LogP contribution in [-0.2, 0) is 7.05 Å². The predicted octanol–water partition coefficient (Wildman–Crippen LogP) is 1.74. The van der Waals surface area contributed by atoms with Crippen LogP contribution >= 0.6 is 0 Å². The lowest BCUT2D eigenvalue weighted by atomic mass is 10.1. The highest BCUT2D eigenvalue weighted by Crippen LogP contribution is 2.20. The molecule has 2 aromatic heterocycles. The molecule has 144 valence electrons. The quantitative estimate of drug-likeness (QED) is 0.734. The van der Waals surface area contributed by atoms with E-state index in [0.717, 1.165) is 18.4 Å². The Hall–Kier alpha value is -3.56. The number of carbonyl (C=O) groups excluding carboxylic acids is 1.